The monoisotopic (exact) mass is 1040 g/mol. The number of carbonyl (C=O) groups is 6. The number of hydrogen-bond donors (Lipinski definition) is 0. The highest BCUT2D eigenvalue weighted by Crippen LogP contribution is 2.69. The van der Waals surface area contributed by atoms with Crippen molar-refractivity contribution >= 4 is 82.7 Å². The van der Waals surface area contributed by atoms with Gasteiger partial charge in [0.2, 0.25) is 0 Å². The van der Waals surface area contributed by atoms with E-state index in [0.29, 0.717) is 23.8 Å². The molecule has 3 atom stereocenters. The predicted molar refractivity (Wildman–Crippen MR) is 276 cm³/mol. The molecule has 3 unspecified atom stereocenters. The number of fused-ring (bicyclic) bond motifs is 2. The Morgan fingerprint density at radius 1 is 0.690 bits per heavy atom. The van der Waals surface area contributed by atoms with E-state index in [9.17, 15) is 34.0 Å². The number of amides is 2. The van der Waals surface area contributed by atoms with E-state index in [-0.39, 0.29) is 94.1 Å². The summed E-state index contributed by atoms with van der Waals surface area (Å²) in [4.78, 5) is 85.0. The molecule has 13 nitrogen and oxygen atoms in total. The van der Waals surface area contributed by atoms with E-state index in [0.717, 1.165) is 71.0 Å². The molecule has 71 heavy (non-hydrogen) atoms. The van der Waals surface area contributed by atoms with Crippen LogP contribution in [-0.2, 0) is 51.3 Å². The zero-order valence-corrected chi connectivity index (χ0v) is 45.2. The van der Waals surface area contributed by atoms with Crippen LogP contribution in [0.3, 0.4) is 0 Å². The number of hydrogen-bond acceptors (Lipinski definition) is 15. The van der Waals surface area contributed by atoms with Gasteiger partial charge in [-0.15, -0.1) is 0 Å². The smallest absolute Gasteiger partial charge is 0.351 e. The molecule has 3 heterocycles. The van der Waals surface area contributed by atoms with Gasteiger partial charge in [0.1, 0.15) is 24.4 Å². The molecule has 0 aliphatic carbocycles. The zero-order valence-electron chi connectivity index (χ0n) is 41.9. The third kappa shape index (κ3) is 14.2. The van der Waals surface area contributed by atoms with Gasteiger partial charge in [0.25, 0.3) is 11.8 Å². The van der Waals surface area contributed by atoms with Crippen LogP contribution in [0.1, 0.15) is 112 Å². The highest BCUT2D eigenvalue weighted by Gasteiger charge is 2.47. The van der Waals surface area contributed by atoms with E-state index in [1.165, 1.54) is 16.9 Å². The maximum Gasteiger partial charge on any atom is 0.351 e. The average molecular weight is 1040 g/mol. The third-order valence-corrected chi connectivity index (χ3v) is 16.3. The first-order valence-corrected chi connectivity index (χ1v) is 26.7. The first-order chi connectivity index (χ1) is 33.5. The van der Waals surface area contributed by atoms with Crippen LogP contribution < -0.4 is 9.47 Å². The van der Waals surface area contributed by atoms with Crippen LogP contribution in [0.2, 0.25) is 0 Å². The van der Waals surface area contributed by atoms with Crippen LogP contribution in [0, 0.1) is 34.0 Å². The summed E-state index contributed by atoms with van der Waals surface area (Å²) in [5.74, 6) is -3.77. The van der Waals surface area contributed by atoms with E-state index in [1.54, 1.807) is 6.92 Å². The molecule has 0 N–H and O–H groups in total. The Morgan fingerprint density at radius 2 is 1.11 bits per heavy atom. The molecule has 0 aromatic heterocycles. The highest BCUT2D eigenvalue weighted by atomic mass is 32.2. The minimum atomic E-state index is -0.973. The number of benzene rings is 3. The van der Waals surface area contributed by atoms with E-state index in [2.05, 4.69) is 48.1 Å². The average Bonchev–Trinajstić information content (AvgIpc) is 3.97. The zero-order chi connectivity index (χ0) is 51.9. The quantitative estimate of drug-likeness (QED) is 0.0387. The summed E-state index contributed by atoms with van der Waals surface area (Å²) in [7, 11) is 0. The fraction of sp³-hybridized carbons (Fsp3) is 0.426. The Hall–Kier alpha value is -5.41. The summed E-state index contributed by atoms with van der Waals surface area (Å²) in [6.45, 7) is 23.3. The van der Waals surface area contributed by atoms with Crippen molar-refractivity contribution in [2.24, 2.45) is 22.7 Å². The van der Waals surface area contributed by atoms with Crippen LogP contribution in [0.5, 0.6) is 11.5 Å². The molecule has 3 aliphatic heterocycles. The van der Waals surface area contributed by atoms with Crippen molar-refractivity contribution in [1.82, 2.24) is 10.0 Å². The molecule has 0 saturated carbocycles. The molecule has 6 rings (SSSR count). The molecule has 3 aromatic carbocycles. The van der Waals surface area contributed by atoms with Crippen LogP contribution in [0.15, 0.2) is 112 Å². The molecule has 376 valence electrons. The van der Waals surface area contributed by atoms with E-state index in [1.807, 2.05) is 80.6 Å². The maximum absolute atomic E-state index is 14.8. The first-order valence-electron chi connectivity index (χ1n) is 23.5. The first kappa shape index (κ1) is 54.9. The second kappa shape index (κ2) is 23.4. The molecule has 3 aliphatic rings. The number of rotatable bonds is 18. The fourth-order valence-corrected chi connectivity index (χ4v) is 13.8. The van der Waals surface area contributed by atoms with Gasteiger partial charge in [-0.2, -0.15) is 5.26 Å². The number of nitrogens with zero attached hydrogens (tertiary/aromatic N) is 3. The Balaban J connectivity index is 1.48. The SMILES string of the molecule is C=C(C)C(=O)OCC(CC)OC(=O)C(C#N)=C1Sc2c(OC(=O)CC(C)CC(C)(C)C)c3c(c(OC(=O)CC(C)CC(C)(C)C)c2S1)SC(=C1C(=O)N(Cc2ccccc2)N(Cc2ccccc2)C1=O)S3. The number of thioether (sulfide) groups is 4. The second-order valence-electron chi connectivity index (χ2n) is 20.4. The summed E-state index contributed by atoms with van der Waals surface area (Å²) in [6.07, 6.45) is 0.938. The lowest BCUT2D eigenvalue weighted by atomic mass is 9.84. The Bertz CT molecular complexity index is 2560. The molecule has 0 radical (unpaired) electrons. The lowest BCUT2D eigenvalue weighted by molar-refractivity contribution is -0.153. The molecular formula is C54H61N3O10S4. The second-order valence-corrected chi connectivity index (χ2v) is 25.0. The van der Waals surface area contributed by atoms with Crippen molar-refractivity contribution in [2.45, 2.75) is 140 Å². The number of carbonyl (C=O) groups excluding carboxylic acids is 6. The van der Waals surface area contributed by atoms with Crippen LogP contribution >= 0.6 is 47.0 Å². The van der Waals surface area contributed by atoms with Crippen LogP contribution in [-0.4, -0.2) is 58.4 Å². The van der Waals surface area contributed by atoms with Crippen molar-refractivity contribution in [1.29, 1.82) is 5.26 Å². The standard InChI is InChI=1S/C54H61N3O10S4/c1-12-36(30-64-49(62)31(2)3)65-50(63)37(27-55)51-68-43-41(66-38(58)23-32(4)25-53(6,7)8)45-46(42(44(43)69-51)67-39(59)24-33(5)26-54(9,10)11)71-52(70-45)40-47(60)56(28-34-19-15-13-16-20-34)57(48(40)61)29-35-21-17-14-18-22-35/h13-22,32-33,36H,2,12,23-26,28-30H2,1,3-11H3. The molecule has 17 heteroatoms. The summed E-state index contributed by atoms with van der Waals surface area (Å²) in [5.41, 5.74) is 1.18. The molecule has 0 spiro atoms. The minimum absolute atomic E-state index is 0.0550. The van der Waals surface area contributed by atoms with Crippen molar-refractivity contribution < 1.29 is 47.7 Å². The van der Waals surface area contributed by atoms with E-state index >= 15 is 0 Å². The van der Waals surface area contributed by atoms with Gasteiger partial charge in [0.15, 0.2) is 17.1 Å². The van der Waals surface area contributed by atoms with Gasteiger partial charge in [0.05, 0.1) is 41.1 Å². The number of nitriles is 1. The lowest BCUT2D eigenvalue weighted by Gasteiger charge is -2.27. The molecule has 0 bridgehead atoms. The van der Waals surface area contributed by atoms with Gasteiger partial charge in [-0.05, 0) is 60.0 Å². The highest BCUT2D eigenvalue weighted by molar-refractivity contribution is 8.26. The third-order valence-electron chi connectivity index (χ3n) is 11.1. The van der Waals surface area contributed by atoms with Gasteiger partial charge in [-0.1, -0.05) is 177 Å². The van der Waals surface area contributed by atoms with E-state index in [4.69, 9.17) is 18.9 Å². The molecule has 2 amide bonds. The summed E-state index contributed by atoms with van der Waals surface area (Å²) >= 11 is 4.09. The molecule has 3 aromatic rings. The molecule has 1 saturated heterocycles. The van der Waals surface area contributed by atoms with Crippen molar-refractivity contribution in [3.8, 4) is 17.6 Å². The van der Waals surface area contributed by atoms with Crippen LogP contribution in [0.25, 0.3) is 0 Å². The molecule has 1 fully saturated rings. The van der Waals surface area contributed by atoms with Gasteiger partial charge in [0, 0.05) is 18.4 Å². The Morgan fingerprint density at radius 3 is 1.49 bits per heavy atom. The minimum Gasteiger partial charge on any atom is -0.458 e. The van der Waals surface area contributed by atoms with Crippen molar-refractivity contribution in [3.05, 3.63) is 104 Å². The molecular weight excluding hydrogens is 979 g/mol. The Labute approximate surface area is 433 Å². The summed E-state index contributed by atoms with van der Waals surface area (Å²) in [5, 5.41) is 13.4. The predicted octanol–water partition coefficient (Wildman–Crippen LogP) is 12.2. The maximum atomic E-state index is 14.8. The van der Waals surface area contributed by atoms with Gasteiger partial charge >= 0.3 is 23.9 Å². The van der Waals surface area contributed by atoms with Gasteiger partial charge in [-0.25, -0.2) is 19.6 Å². The fourth-order valence-electron chi connectivity index (χ4n) is 8.39. The van der Waals surface area contributed by atoms with Gasteiger partial charge in [-0.3, -0.25) is 19.2 Å². The number of esters is 4. The number of hydrazine groups is 1. The number of ether oxygens (including phenoxy) is 4. The normalized spacial score (nSPS) is 15.7. The largest absolute Gasteiger partial charge is 0.458 e. The Kier molecular flexibility index (Phi) is 18.1. The summed E-state index contributed by atoms with van der Waals surface area (Å²) < 4.78 is 24.2. The van der Waals surface area contributed by atoms with E-state index < -0.39 is 41.8 Å². The van der Waals surface area contributed by atoms with Crippen LogP contribution in [0.4, 0.5) is 0 Å². The topological polar surface area (TPSA) is 170 Å². The van der Waals surface area contributed by atoms with Crippen molar-refractivity contribution in [2.75, 3.05) is 6.61 Å². The lowest BCUT2D eigenvalue weighted by Crippen LogP contribution is -2.39. The van der Waals surface area contributed by atoms with Crippen molar-refractivity contribution in [3.63, 3.8) is 0 Å². The van der Waals surface area contributed by atoms with Gasteiger partial charge < -0.3 is 18.9 Å². The summed E-state index contributed by atoms with van der Waals surface area (Å²) in [6, 6.07) is 20.7.